The molecule has 0 spiro atoms. The van der Waals surface area contributed by atoms with Crippen molar-refractivity contribution in [2.24, 2.45) is 0 Å². The van der Waals surface area contributed by atoms with E-state index in [1.807, 2.05) is 25.1 Å². The number of hydrogen-bond donors (Lipinski definition) is 1. The molecule has 0 bridgehead atoms. The molecule has 1 amide bonds. The standard InChI is InChI=1S/C19H19N3O3S2/c1-10-12(3)27-19-17(10)18(20-8-21-19)26-7-16(23)22-11(2)13-4-5-14-15(6-13)25-9-24-14/h4-6,8,11H,7,9H2,1-3H3,(H,22,23)/t11-/m1/s1. The highest BCUT2D eigenvalue weighted by atomic mass is 32.2. The monoisotopic (exact) mass is 401 g/mol. The summed E-state index contributed by atoms with van der Waals surface area (Å²) < 4.78 is 10.7. The van der Waals surface area contributed by atoms with E-state index < -0.39 is 0 Å². The van der Waals surface area contributed by atoms with Crippen LogP contribution in [0.5, 0.6) is 11.5 Å². The Labute approximate surface area is 165 Å². The quantitative estimate of drug-likeness (QED) is 0.514. The van der Waals surface area contributed by atoms with E-state index in [1.165, 1.54) is 22.2 Å². The number of rotatable bonds is 5. The van der Waals surface area contributed by atoms with Crippen LogP contribution >= 0.6 is 23.1 Å². The van der Waals surface area contributed by atoms with Gasteiger partial charge in [0.05, 0.1) is 11.8 Å². The molecule has 0 saturated carbocycles. The van der Waals surface area contributed by atoms with Crippen LogP contribution in [0.1, 0.15) is 29.0 Å². The van der Waals surface area contributed by atoms with Gasteiger partial charge in [-0.15, -0.1) is 11.3 Å². The lowest BCUT2D eigenvalue weighted by Gasteiger charge is -2.14. The van der Waals surface area contributed by atoms with Crippen molar-refractivity contribution in [2.45, 2.75) is 31.8 Å². The second kappa shape index (κ2) is 7.36. The van der Waals surface area contributed by atoms with Crippen LogP contribution in [-0.4, -0.2) is 28.4 Å². The van der Waals surface area contributed by atoms with Crippen molar-refractivity contribution in [1.29, 1.82) is 0 Å². The number of amides is 1. The molecule has 1 aromatic carbocycles. The maximum Gasteiger partial charge on any atom is 0.231 e. The minimum absolute atomic E-state index is 0.0402. The van der Waals surface area contributed by atoms with Gasteiger partial charge < -0.3 is 14.8 Å². The first-order valence-electron chi connectivity index (χ1n) is 8.55. The van der Waals surface area contributed by atoms with E-state index in [0.29, 0.717) is 5.75 Å². The summed E-state index contributed by atoms with van der Waals surface area (Å²) in [6.45, 7) is 6.35. The van der Waals surface area contributed by atoms with Gasteiger partial charge in [-0.25, -0.2) is 9.97 Å². The molecule has 3 aromatic rings. The van der Waals surface area contributed by atoms with Crippen molar-refractivity contribution in [2.75, 3.05) is 12.5 Å². The lowest BCUT2D eigenvalue weighted by atomic mass is 10.1. The number of fused-ring (bicyclic) bond motifs is 2. The minimum Gasteiger partial charge on any atom is -0.454 e. The lowest BCUT2D eigenvalue weighted by molar-refractivity contribution is -0.119. The van der Waals surface area contributed by atoms with Gasteiger partial charge in [0.1, 0.15) is 16.2 Å². The van der Waals surface area contributed by atoms with Gasteiger partial charge in [0.2, 0.25) is 12.7 Å². The molecule has 8 heteroatoms. The number of carbonyl (C=O) groups excluding carboxylic acids is 1. The molecule has 2 aromatic heterocycles. The van der Waals surface area contributed by atoms with E-state index in [4.69, 9.17) is 9.47 Å². The predicted molar refractivity (Wildman–Crippen MR) is 107 cm³/mol. The summed E-state index contributed by atoms with van der Waals surface area (Å²) in [7, 11) is 0. The number of thioether (sulfide) groups is 1. The number of carbonyl (C=O) groups is 1. The number of aromatic nitrogens is 2. The SMILES string of the molecule is Cc1sc2ncnc(SCC(=O)N[C@H](C)c3ccc4c(c3)OCO4)c2c1C. The molecule has 1 aliphatic rings. The summed E-state index contributed by atoms with van der Waals surface area (Å²) in [5.74, 6) is 1.72. The highest BCUT2D eigenvalue weighted by Crippen LogP contribution is 2.35. The van der Waals surface area contributed by atoms with Crippen LogP contribution in [0.15, 0.2) is 29.6 Å². The fraction of sp³-hybridized carbons (Fsp3) is 0.316. The third-order valence-electron chi connectivity index (χ3n) is 4.54. The zero-order chi connectivity index (χ0) is 19.0. The number of hydrogen-bond acceptors (Lipinski definition) is 7. The van der Waals surface area contributed by atoms with Crippen LogP contribution in [0.3, 0.4) is 0 Å². The summed E-state index contributed by atoms with van der Waals surface area (Å²) in [6.07, 6.45) is 1.56. The van der Waals surface area contributed by atoms with Gasteiger partial charge >= 0.3 is 0 Å². The third kappa shape index (κ3) is 3.59. The molecule has 1 atom stereocenters. The van der Waals surface area contributed by atoms with Crippen LogP contribution in [0, 0.1) is 13.8 Å². The minimum atomic E-state index is -0.122. The van der Waals surface area contributed by atoms with Crippen molar-refractivity contribution in [3.05, 3.63) is 40.5 Å². The molecule has 0 saturated heterocycles. The molecule has 1 N–H and O–H groups in total. The van der Waals surface area contributed by atoms with E-state index in [0.717, 1.165) is 32.3 Å². The van der Waals surface area contributed by atoms with E-state index in [1.54, 1.807) is 17.7 Å². The molecule has 0 radical (unpaired) electrons. The van der Waals surface area contributed by atoms with Crippen molar-refractivity contribution >= 4 is 39.2 Å². The maximum atomic E-state index is 12.4. The fourth-order valence-corrected chi connectivity index (χ4v) is 4.87. The molecule has 3 heterocycles. The Morgan fingerprint density at radius 2 is 2.11 bits per heavy atom. The smallest absolute Gasteiger partial charge is 0.231 e. The van der Waals surface area contributed by atoms with Crippen molar-refractivity contribution in [3.8, 4) is 11.5 Å². The Balaban J connectivity index is 1.41. The number of nitrogens with zero attached hydrogens (tertiary/aromatic N) is 2. The zero-order valence-corrected chi connectivity index (χ0v) is 16.9. The summed E-state index contributed by atoms with van der Waals surface area (Å²) in [5.41, 5.74) is 2.17. The Bertz CT molecular complexity index is 1020. The Morgan fingerprint density at radius 1 is 1.30 bits per heavy atom. The van der Waals surface area contributed by atoms with Gasteiger partial charge in [0.25, 0.3) is 0 Å². The number of thiophene rings is 1. The van der Waals surface area contributed by atoms with Crippen molar-refractivity contribution in [1.82, 2.24) is 15.3 Å². The first-order valence-corrected chi connectivity index (χ1v) is 10.4. The molecule has 1 aliphatic heterocycles. The summed E-state index contributed by atoms with van der Waals surface area (Å²) >= 11 is 3.10. The second-order valence-corrected chi connectivity index (χ2v) is 8.50. The molecule has 0 aliphatic carbocycles. The average Bonchev–Trinajstić information content (AvgIpc) is 3.24. The van der Waals surface area contributed by atoms with E-state index >= 15 is 0 Å². The summed E-state index contributed by atoms with van der Waals surface area (Å²) in [6, 6.07) is 5.60. The molecule has 4 rings (SSSR count). The van der Waals surface area contributed by atoms with Crippen LogP contribution in [-0.2, 0) is 4.79 Å². The summed E-state index contributed by atoms with van der Waals surface area (Å²) in [4.78, 5) is 23.3. The number of ether oxygens (including phenoxy) is 2. The van der Waals surface area contributed by atoms with Gasteiger partial charge in [-0.05, 0) is 44.0 Å². The van der Waals surface area contributed by atoms with E-state index in [9.17, 15) is 4.79 Å². The van der Waals surface area contributed by atoms with Crippen LogP contribution in [0.2, 0.25) is 0 Å². The van der Waals surface area contributed by atoms with Crippen molar-refractivity contribution in [3.63, 3.8) is 0 Å². The van der Waals surface area contributed by atoms with Gasteiger partial charge in [0, 0.05) is 10.3 Å². The third-order valence-corrected chi connectivity index (χ3v) is 6.65. The van der Waals surface area contributed by atoms with E-state index in [-0.39, 0.29) is 18.7 Å². The molecule has 140 valence electrons. The van der Waals surface area contributed by atoms with Gasteiger partial charge in [0.15, 0.2) is 11.5 Å². The highest BCUT2D eigenvalue weighted by molar-refractivity contribution is 8.00. The molecular weight excluding hydrogens is 382 g/mol. The van der Waals surface area contributed by atoms with Crippen LogP contribution < -0.4 is 14.8 Å². The second-order valence-electron chi connectivity index (χ2n) is 6.33. The topological polar surface area (TPSA) is 73.3 Å². The average molecular weight is 402 g/mol. The first-order chi connectivity index (χ1) is 13.0. The zero-order valence-electron chi connectivity index (χ0n) is 15.2. The predicted octanol–water partition coefficient (Wildman–Crippen LogP) is 4.01. The molecule has 0 unspecified atom stereocenters. The first kappa shape index (κ1) is 18.1. The van der Waals surface area contributed by atoms with Gasteiger partial charge in [-0.3, -0.25) is 4.79 Å². The van der Waals surface area contributed by atoms with E-state index in [2.05, 4.69) is 29.1 Å². The highest BCUT2D eigenvalue weighted by Gasteiger charge is 2.18. The summed E-state index contributed by atoms with van der Waals surface area (Å²) in [5, 5.41) is 4.94. The Morgan fingerprint density at radius 3 is 2.96 bits per heavy atom. The Hall–Kier alpha value is -2.32. The Kier molecular flexibility index (Phi) is 4.92. The normalized spacial score (nSPS) is 13.7. The maximum absolute atomic E-state index is 12.4. The number of nitrogens with one attached hydrogen (secondary N) is 1. The van der Waals surface area contributed by atoms with Gasteiger partial charge in [-0.2, -0.15) is 0 Å². The molecule has 27 heavy (non-hydrogen) atoms. The largest absolute Gasteiger partial charge is 0.454 e. The fourth-order valence-electron chi connectivity index (χ4n) is 2.94. The number of benzene rings is 1. The van der Waals surface area contributed by atoms with Crippen molar-refractivity contribution < 1.29 is 14.3 Å². The molecular formula is C19H19N3O3S2. The molecule has 6 nitrogen and oxygen atoms in total. The molecule has 0 fully saturated rings. The van der Waals surface area contributed by atoms with Gasteiger partial charge in [-0.1, -0.05) is 17.8 Å². The lowest BCUT2D eigenvalue weighted by Crippen LogP contribution is -2.28. The van der Waals surface area contributed by atoms with Crippen LogP contribution in [0.4, 0.5) is 0 Å². The van der Waals surface area contributed by atoms with Crippen LogP contribution in [0.25, 0.3) is 10.2 Å². The number of aryl methyl sites for hydroxylation is 2.